The van der Waals surface area contributed by atoms with E-state index >= 15 is 0 Å². The quantitative estimate of drug-likeness (QED) is 0.152. The number of hydrogen-bond acceptors (Lipinski definition) is 2. The van der Waals surface area contributed by atoms with Crippen LogP contribution in [0.2, 0.25) is 0 Å². The Labute approximate surface area is 367 Å². The molecule has 10 aromatic carbocycles. The fraction of sp³-hybridized carbons (Fsp3) is 0.0164. The second-order valence-corrected chi connectivity index (χ2v) is 16.4. The van der Waals surface area contributed by atoms with Gasteiger partial charge in [-0.15, -0.1) is 0 Å². The molecule has 0 fully saturated rings. The zero-order valence-electron chi connectivity index (χ0n) is 34.5. The zero-order valence-corrected chi connectivity index (χ0v) is 34.5. The van der Waals surface area contributed by atoms with Gasteiger partial charge in [-0.1, -0.05) is 212 Å². The molecule has 11 aromatic rings. The van der Waals surface area contributed by atoms with Crippen molar-refractivity contribution in [2.45, 2.75) is 5.41 Å². The van der Waals surface area contributed by atoms with Crippen LogP contribution in [0.5, 0.6) is 0 Å². The van der Waals surface area contributed by atoms with Gasteiger partial charge >= 0.3 is 0 Å². The largest absolute Gasteiger partial charge is 0.455 e. The van der Waals surface area contributed by atoms with E-state index in [1.807, 2.05) is 0 Å². The van der Waals surface area contributed by atoms with Crippen LogP contribution in [-0.4, -0.2) is 0 Å². The maximum atomic E-state index is 6.55. The summed E-state index contributed by atoms with van der Waals surface area (Å²) < 4.78 is 6.55. The van der Waals surface area contributed by atoms with Crippen LogP contribution in [-0.2, 0) is 5.41 Å². The van der Waals surface area contributed by atoms with Crippen molar-refractivity contribution in [3.63, 3.8) is 0 Å². The van der Waals surface area contributed by atoms with Gasteiger partial charge in [0, 0.05) is 33.2 Å². The molecule has 0 amide bonds. The van der Waals surface area contributed by atoms with Crippen LogP contribution in [0.15, 0.2) is 253 Å². The number of benzene rings is 10. The van der Waals surface area contributed by atoms with Gasteiger partial charge in [-0.2, -0.15) is 0 Å². The number of para-hydroxylation sites is 2. The summed E-state index contributed by atoms with van der Waals surface area (Å²) in [5.41, 5.74) is 19.0. The van der Waals surface area contributed by atoms with Crippen molar-refractivity contribution in [3.05, 3.63) is 271 Å². The molecule has 0 spiro atoms. The Morgan fingerprint density at radius 3 is 1.56 bits per heavy atom. The molecule has 1 heterocycles. The highest BCUT2D eigenvalue weighted by Gasteiger charge is 2.47. The normalized spacial score (nSPS) is 12.6. The van der Waals surface area contributed by atoms with E-state index in [4.69, 9.17) is 4.42 Å². The minimum absolute atomic E-state index is 0.517. The Morgan fingerprint density at radius 2 is 0.857 bits per heavy atom. The first kappa shape index (κ1) is 36.6. The summed E-state index contributed by atoms with van der Waals surface area (Å²) >= 11 is 0. The molecule has 1 aliphatic carbocycles. The summed E-state index contributed by atoms with van der Waals surface area (Å²) in [7, 11) is 0. The average molecular weight is 804 g/mol. The molecule has 0 radical (unpaired) electrons. The lowest BCUT2D eigenvalue weighted by Gasteiger charge is -2.34. The second-order valence-electron chi connectivity index (χ2n) is 16.4. The number of furan rings is 1. The van der Waals surface area contributed by atoms with E-state index in [-0.39, 0.29) is 0 Å². The number of rotatable bonds is 8. The van der Waals surface area contributed by atoms with Crippen LogP contribution in [0.25, 0.3) is 66.4 Å². The zero-order chi connectivity index (χ0) is 41.7. The van der Waals surface area contributed by atoms with E-state index < -0.39 is 5.41 Å². The van der Waals surface area contributed by atoms with E-state index in [1.165, 1.54) is 38.9 Å². The molecule has 2 nitrogen and oxygen atoms in total. The standard InChI is InChI=1S/C61H41NO/c1-5-19-43(20-6-1)49-27-14-16-33-56(49)62(48-38-35-42(36-39-48)45-37-40-58-53(41-45)51-30-17-29-50(60(51)63-58)44-21-7-2-8-22-44)57-34-18-32-55-59(57)52-28-13-15-31-54(52)61(55,46-23-9-3-10-24-46)47-25-11-4-12-26-47/h1-41H. The van der Waals surface area contributed by atoms with Gasteiger partial charge in [0.2, 0.25) is 0 Å². The summed E-state index contributed by atoms with van der Waals surface area (Å²) in [6, 6.07) is 90.2. The molecule has 0 N–H and O–H groups in total. The van der Waals surface area contributed by atoms with Crippen LogP contribution in [0.1, 0.15) is 22.3 Å². The first-order valence-electron chi connectivity index (χ1n) is 21.7. The van der Waals surface area contributed by atoms with Crippen molar-refractivity contribution in [2.24, 2.45) is 0 Å². The highest BCUT2D eigenvalue weighted by molar-refractivity contribution is 6.10. The lowest BCUT2D eigenvalue weighted by molar-refractivity contribution is 0.670. The number of fused-ring (bicyclic) bond motifs is 6. The number of hydrogen-bond donors (Lipinski definition) is 0. The first-order chi connectivity index (χ1) is 31.3. The van der Waals surface area contributed by atoms with E-state index in [2.05, 4.69) is 254 Å². The van der Waals surface area contributed by atoms with Gasteiger partial charge < -0.3 is 9.32 Å². The molecule has 0 saturated carbocycles. The molecular formula is C61H41NO. The van der Waals surface area contributed by atoms with Crippen LogP contribution < -0.4 is 4.90 Å². The molecule has 0 aliphatic heterocycles. The first-order valence-corrected chi connectivity index (χ1v) is 21.7. The molecule has 12 rings (SSSR count). The summed E-state index contributed by atoms with van der Waals surface area (Å²) in [5, 5.41) is 2.23. The molecule has 1 aliphatic rings. The minimum Gasteiger partial charge on any atom is -0.455 e. The van der Waals surface area contributed by atoms with Gasteiger partial charge in [-0.25, -0.2) is 0 Å². The third kappa shape index (κ3) is 5.87. The predicted molar refractivity (Wildman–Crippen MR) is 262 cm³/mol. The predicted octanol–water partition coefficient (Wildman–Crippen LogP) is 16.4. The molecule has 63 heavy (non-hydrogen) atoms. The Balaban J connectivity index is 1.05. The van der Waals surface area contributed by atoms with Crippen molar-refractivity contribution in [3.8, 4) is 44.5 Å². The molecule has 2 heteroatoms. The topological polar surface area (TPSA) is 16.4 Å². The number of nitrogens with zero attached hydrogens (tertiary/aromatic N) is 1. The highest BCUT2D eigenvalue weighted by atomic mass is 16.3. The second kappa shape index (κ2) is 15.1. The van der Waals surface area contributed by atoms with E-state index in [1.54, 1.807) is 0 Å². The molecular weight excluding hydrogens is 763 g/mol. The van der Waals surface area contributed by atoms with Gasteiger partial charge in [0.25, 0.3) is 0 Å². The molecule has 296 valence electrons. The fourth-order valence-electron chi connectivity index (χ4n) is 10.2. The third-order valence-corrected chi connectivity index (χ3v) is 13.0. The Hall–Kier alpha value is -8.20. The van der Waals surface area contributed by atoms with Crippen molar-refractivity contribution in [2.75, 3.05) is 4.90 Å². The van der Waals surface area contributed by atoms with Gasteiger partial charge in [0.05, 0.1) is 16.8 Å². The van der Waals surface area contributed by atoms with Crippen molar-refractivity contribution in [1.29, 1.82) is 0 Å². The van der Waals surface area contributed by atoms with Gasteiger partial charge in [0.15, 0.2) is 0 Å². The van der Waals surface area contributed by atoms with Crippen LogP contribution in [0.3, 0.4) is 0 Å². The van der Waals surface area contributed by atoms with E-state index in [9.17, 15) is 0 Å². The highest BCUT2D eigenvalue weighted by Crippen LogP contribution is 2.60. The van der Waals surface area contributed by atoms with Crippen LogP contribution in [0, 0.1) is 0 Å². The molecule has 0 unspecified atom stereocenters. The maximum Gasteiger partial charge on any atom is 0.143 e. The Kier molecular flexibility index (Phi) is 8.76. The van der Waals surface area contributed by atoms with Crippen LogP contribution in [0.4, 0.5) is 17.1 Å². The summed E-state index contributed by atoms with van der Waals surface area (Å²) in [4.78, 5) is 2.48. The summed E-state index contributed by atoms with van der Waals surface area (Å²) in [6.45, 7) is 0. The van der Waals surface area contributed by atoms with E-state index in [0.29, 0.717) is 0 Å². The molecule has 0 saturated heterocycles. The maximum absolute atomic E-state index is 6.55. The van der Waals surface area contributed by atoms with Gasteiger partial charge in [0.1, 0.15) is 11.2 Å². The summed E-state index contributed by atoms with van der Waals surface area (Å²) in [6.07, 6.45) is 0. The van der Waals surface area contributed by atoms with Crippen molar-refractivity contribution >= 4 is 39.0 Å². The minimum atomic E-state index is -0.517. The monoisotopic (exact) mass is 803 g/mol. The summed E-state index contributed by atoms with van der Waals surface area (Å²) in [5.74, 6) is 0. The smallest absolute Gasteiger partial charge is 0.143 e. The molecule has 0 bridgehead atoms. The lowest BCUT2D eigenvalue weighted by Crippen LogP contribution is -2.28. The fourth-order valence-corrected chi connectivity index (χ4v) is 10.2. The van der Waals surface area contributed by atoms with Crippen molar-refractivity contribution < 1.29 is 4.42 Å². The van der Waals surface area contributed by atoms with E-state index in [0.717, 1.165) is 66.8 Å². The number of anilines is 3. The molecule has 0 atom stereocenters. The Bertz CT molecular complexity index is 3390. The average Bonchev–Trinajstić information content (AvgIpc) is 3.90. The van der Waals surface area contributed by atoms with Gasteiger partial charge in [-0.05, 0) is 86.5 Å². The van der Waals surface area contributed by atoms with Gasteiger partial charge in [-0.3, -0.25) is 0 Å². The lowest BCUT2D eigenvalue weighted by atomic mass is 9.68. The Morgan fingerprint density at radius 1 is 0.333 bits per heavy atom. The third-order valence-electron chi connectivity index (χ3n) is 13.0. The SMILES string of the molecule is c1ccc(-c2ccccc2N(c2ccc(-c3ccc4oc5c(-c6ccccc6)cccc5c4c3)cc2)c2cccc3c2-c2ccccc2C3(c2ccccc2)c2ccccc2)cc1. The van der Waals surface area contributed by atoms with Crippen molar-refractivity contribution in [1.82, 2.24) is 0 Å². The molecule has 1 aromatic heterocycles. The van der Waals surface area contributed by atoms with Crippen LogP contribution >= 0.6 is 0 Å².